The Morgan fingerprint density at radius 3 is 2.63 bits per heavy atom. The van der Waals surface area contributed by atoms with Crippen molar-refractivity contribution in [1.82, 2.24) is 5.32 Å². The molecule has 0 amide bonds. The Bertz CT molecular complexity index is 492. The fraction of sp³-hybridized carbons (Fsp3) is 0.500. The van der Waals surface area contributed by atoms with E-state index in [1.54, 1.807) is 6.07 Å². The second-order valence-electron chi connectivity index (χ2n) is 5.03. The second kappa shape index (κ2) is 6.86. The van der Waals surface area contributed by atoms with Crippen LogP contribution in [0.15, 0.2) is 18.2 Å². The van der Waals surface area contributed by atoms with Crippen molar-refractivity contribution in [3.63, 3.8) is 0 Å². The molecule has 1 rings (SSSR count). The number of hydrogen-bond acceptors (Lipinski definition) is 4. The highest BCUT2D eigenvalue weighted by Gasteiger charge is 2.15. The Labute approximate surface area is 113 Å². The minimum Gasteiger partial charge on any atom is -0.317 e. The lowest BCUT2D eigenvalue weighted by Gasteiger charge is -2.18. The van der Waals surface area contributed by atoms with E-state index in [-0.39, 0.29) is 11.7 Å². The SMILES string of the molecule is CNC(Cc1ccc([N+](=O)[O-])cc1C#N)CC(C)C. The van der Waals surface area contributed by atoms with Crippen LogP contribution in [-0.2, 0) is 6.42 Å². The number of non-ortho nitro benzene ring substituents is 1. The fourth-order valence-corrected chi connectivity index (χ4v) is 2.10. The summed E-state index contributed by atoms with van der Waals surface area (Å²) in [6.45, 7) is 4.29. The molecule has 1 unspecified atom stereocenters. The second-order valence-corrected chi connectivity index (χ2v) is 5.03. The third-order valence-electron chi connectivity index (χ3n) is 3.06. The van der Waals surface area contributed by atoms with Crippen LogP contribution in [0.1, 0.15) is 31.4 Å². The molecule has 0 bridgehead atoms. The molecular weight excluding hydrogens is 242 g/mol. The number of hydrogen-bond donors (Lipinski definition) is 1. The van der Waals surface area contributed by atoms with Crippen LogP contribution in [0, 0.1) is 27.4 Å². The lowest BCUT2D eigenvalue weighted by molar-refractivity contribution is -0.384. The molecule has 1 aromatic rings. The number of nitro groups is 1. The first-order valence-corrected chi connectivity index (χ1v) is 6.32. The van der Waals surface area contributed by atoms with E-state index < -0.39 is 4.92 Å². The van der Waals surface area contributed by atoms with Gasteiger partial charge in [-0.25, -0.2) is 0 Å². The quantitative estimate of drug-likeness (QED) is 0.630. The molecule has 0 radical (unpaired) electrons. The van der Waals surface area contributed by atoms with Crippen molar-refractivity contribution < 1.29 is 4.92 Å². The first-order chi connectivity index (χ1) is 8.97. The molecule has 102 valence electrons. The Hall–Kier alpha value is -1.93. The molecule has 0 aromatic heterocycles. The summed E-state index contributed by atoms with van der Waals surface area (Å²) in [5.41, 5.74) is 1.21. The highest BCUT2D eigenvalue weighted by molar-refractivity contribution is 5.46. The minimum atomic E-state index is -0.478. The van der Waals surface area contributed by atoms with Crippen LogP contribution < -0.4 is 5.32 Å². The summed E-state index contributed by atoms with van der Waals surface area (Å²) in [5.74, 6) is 0.557. The van der Waals surface area contributed by atoms with Gasteiger partial charge in [0.2, 0.25) is 0 Å². The lowest BCUT2D eigenvalue weighted by atomic mass is 9.95. The summed E-state index contributed by atoms with van der Waals surface area (Å²) in [5, 5.41) is 23.0. The fourth-order valence-electron chi connectivity index (χ4n) is 2.10. The smallest absolute Gasteiger partial charge is 0.270 e. The Morgan fingerprint density at radius 1 is 1.47 bits per heavy atom. The number of nitrogens with one attached hydrogen (secondary N) is 1. The van der Waals surface area contributed by atoms with Crippen LogP contribution in [0.3, 0.4) is 0 Å². The molecule has 19 heavy (non-hydrogen) atoms. The van der Waals surface area contributed by atoms with Gasteiger partial charge in [0.1, 0.15) is 0 Å². The molecule has 0 saturated heterocycles. The maximum Gasteiger partial charge on any atom is 0.270 e. The van der Waals surface area contributed by atoms with Crippen LogP contribution in [0.25, 0.3) is 0 Å². The molecule has 1 aromatic carbocycles. The van der Waals surface area contributed by atoms with E-state index in [1.807, 2.05) is 13.1 Å². The normalized spacial score (nSPS) is 12.2. The Kier molecular flexibility index (Phi) is 5.46. The van der Waals surface area contributed by atoms with E-state index in [0.717, 1.165) is 12.0 Å². The van der Waals surface area contributed by atoms with Crippen molar-refractivity contribution in [3.8, 4) is 6.07 Å². The minimum absolute atomic E-state index is 0.0369. The zero-order valence-corrected chi connectivity index (χ0v) is 11.5. The van der Waals surface area contributed by atoms with Gasteiger partial charge in [0.05, 0.1) is 16.6 Å². The molecule has 1 atom stereocenters. The summed E-state index contributed by atoms with van der Waals surface area (Å²) in [6, 6.07) is 6.80. The molecule has 5 heteroatoms. The van der Waals surface area contributed by atoms with Crippen molar-refractivity contribution >= 4 is 5.69 Å². The third-order valence-corrected chi connectivity index (χ3v) is 3.06. The molecule has 5 nitrogen and oxygen atoms in total. The number of likely N-dealkylation sites (N-methyl/N-ethyl adjacent to an activating group) is 1. The van der Waals surface area contributed by atoms with Crippen LogP contribution in [-0.4, -0.2) is 18.0 Å². The van der Waals surface area contributed by atoms with Gasteiger partial charge in [0, 0.05) is 18.2 Å². The monoisotopic (exact) mass is 261 g/mol. The van der Waals surface area contributed by atoms with E-state index in [1.165, 1.54) is 12.1 Å². The summed E-state index contributed by atoms with van der Waals surface area (Å²) < 4.78 is 0. The average Bonchev–Trinajstić information content (AvgIpc) is 2.37. The molecule has 0 fully saturated rings. The summed E-state index contributed by atoms with van der Waals surface area (Å²) in [6.07, 6.45) is 1.70. The van der Waals surface area contributed by atoms with Crippen molar-refractivity contribution in [2.45, 2.75) is 32.7 Å². The summed E-state index contributed by atoms with van der Waals surface area (Å²) in [7, 11) is 1.89. The Morgan fingerprint density at radius 2 is 2.16 bits per heavy atom. The molecule has 0 spiro atoms. The van der Waals surface area contributed by atoms with Gasteiger partial charge in [-0.15, -0.1) is 0 Å². The number of nitrogens with zero attached hydrogens (tertiary/aromatic N) is 2. The number of nitro benzene ring substituents is 1. The topological polar surface area (TPSA) is 79.0 Å². The predicted octanol–water partition coefficient (Wildman–Crippen LogP) is 2.64. The van der Waals surface area contributed by atoms with Gasteiger partial charge in [0.15, 0.2) is 0 Å². The molecule has 0 saturated carbocycles. The molecule has 0 aliphatic carbocycles. The maximum absolute atomic E-state index is 10.7. The third kappa shape index (κ3) is 4.34. The zero-order valence-electron chi connectivity index (χ0n) is 11.5. The van der Waals surface area contributed by atoms with Gasteiger partial charge in [-0.1, -0.05) is 19.9 Å². The van der Waals surface area contributed by atoms with Crippen molar-refractivity contribution in [1.29, 1.82) is 5.26 Å². The van der Waals surface area contributed by atoms with E-state index in [0.29, 0.717) is 17.9 Å². The lowest BCUT2D eigenvalue weighted by Crippen LogP contribution is -2.29. The van der Waals surface area contributed by atoms with Crippen LogP contribution in [0.4, 0.5) is 5.69 Å². The number of rotatable bonds is 6. The molecule has 0 heterocycles. The van der Waals surface area contributed by atoms with Crippen molar-refractivity contribution in [3.05, 3.63) is 39.4 Å². The van der Waals surface area contributed by atoms with E-state index in [4.69, 9.17) is 5.26 Å². The average molecular weight is 261 g/mol. The van der Waals surface area contributed by atoms with Crippen molar-refractivity contribution in [2.24, 2.45) is 5.92 Å². The first-order valence-electron chi connectivity index (χ1n) is 6.32. The van der Waals surface area contributed by atoms with Crippen molar-refractivity contribution in [2.75, 3.05) is 7.05 Å². The van der Waals surface area contributed by atoms with E-state index >= 15 is 0 Å². The van der Waals surface area contributed by atoms with E-state index in [9.17, 15) is 10.1 Å². The van der Waals surface area contributed by atoms with Gasteiger partial charge in [-0.05, 0) is 31.4 Å². The van der Waals surface area contributed by atoms with E-state index in [2.05, 4.69) is 19.2 Å². The zero-order chi connectivity index (χ0) is 14.4. The predicted molar refractivity (Wildman–Crippen MR) is 73.8 cm³/mol. The van der Waals surface area contributed by atoms with Gasteiger partial charge >= 0.3 is 0 Å². The first kappa shape index (κ1) is 15.1. The maximum atomic E-state index is 10.7. The largest absolute Gasteiger partial charge is 0.317 e. The summed E-state index contributed by atoms with van der Waals surface area (Å²) >= 11 is 0. The van der Waals surface area contributed by atoms with Gasteiger partial charge in [-0.2, -0.15) is 5.26 Å². The van der Waals surface area contributed by atoms with Crippen LogP contribution in [0.5, 0.6) is 0 Å². The van der Waals surface area contributed by atoms with Gasteiger partial charge < -0.3 is 5.32 Å². The molecule has 0 aliphatic heterocycles. The Balaban J connectivity index is 2.94. The standard InChI is InChI=1S/C14H19N3O2/c1-10(2)6-13(16-3)7-11-4-5-14(17(18)19)8-12(11)9-15/h4-5,8,10,13,16H,6-7H2,1-3H3. The molecule has 0 aliphatic rings. The highest BCUT2D eigenvalue weighted by atomic mass is 16.6. The van der Waals surface area contributed by atoms with Crippen LogP contribution in [0.2, 0.25) is 0 Å². The van der Waals surface area contributed by atoms with Gasteiger partial charge in [-0.3, -0.25) is 10.1 Å². The molecular formula is C14H19N3O2. The number of nitriles is 1. The highest BCUT2D eigenvalue weighted by Crippen LogP contribution is 2.20. The summed E-state index contributed by atoms with van der Waals surface area (Å²) in [4.78, 5) is 10.2. The van der Waals surface area contributed by atoms with Gasteiger partial charge in [0.25, 0.3) is 5.69 Å². The molecule has 1 N–H and O–H groups in total. The van der Waals surface area contributed by atoms with Crippen LogP contribution >= 0.6 is 0 Å². The number of benzene rings is 1.